The standard InChI is InChI=1S/C28H27FN2O3/c1-17-11-12-19(28(2,3)4)14-21(17)25(32)23-24(20-9-5-6-10-22(20)29)31(27(34)26(23)33)16-18-8-7-13-30-15-18/h5-15,24,32H,16H2,1-4H3/b25-23+. The van der Waals surface area contributed by atoms with E-state index in [4.69, 9.17) is 0 Å². The number of pyridine rings is 1. The van der Waals surface area contributed by atoms with Gasteiger partial charge in [-0.05, 0) is 47.2 Å². The first kappa shape index (κ1) is 23.4. The van der Waals surface area contributed by atoms with Crippen LogP contribution >= 0.6 is 0 Å². The highest BCUT2D eigenvalue weighted by Gasteiger charge is 2.47. The normalized spacial score (nSPS) is 17.9. The molecule has 5 nitrogen and oxygen atoms in total. The lowest BCUT2D eigenvalue weighted by Crippen LogP contribution is -2.29. The highest BCUT2D eigenvalue weighted by Crippen LogP contribution is 2.42. The van der Waals surface area contributed by atoms with Gasteiger partial charge >= 0.3 is 0 Å². The number of hydrogen-bond acceptors (Lipinski definition) is 4. The second-order valence-corrected chi connectivity index (χ2v) is 9.59. The number of nitrogens with zero attached hydrogens (tertiary/aromatic N) is 2. The molecule has 1 N–H and O–H groups in total. The maximum absolute atomic E-state index is 15.0. The number of aryl methyl sites for hydroxylation is 1. The fourth-order valence-corrected chi connectivity index (χ4v) is 4.24. The summed E-state index contributed by atoms with van der Waals surface area (Å²) in [4.78, 5) is 31.8. The largest absolute Gasteiger partial charge is 0.507 e. The van der Waals surface area contributed by atoms with E-state index in [1.165, 1.54) is 17.0 Å². The molecule has 4 rings (SSSR count). The summed E-state index contributed by atoms with van der Waals surface area (Å²) in [6.45, 7) is 8.02. The minimum atomic E-state index is -1.07. The Labute approximate surface area is 198 Å². The van der Waals surface area contributed by atoms with E-state index < -0.39 is 23.5 Å². The number of carbonyl (C=O) groups is 2. The molecule has 1 atom stereocenters. The van der Waals surface area contributed by atoms with Crippen LogP contribution in [-0.2, 0) is 21.5 Å². The summed E-state index contributed by atoms with van der Waals surface area (Å²) < 4.78 is 15.0. The second kappa shape index (κ2) is 8.86. The molecule has 1 aliphatic rings. The minimum absolute atomic E-state index is 0.0508. The van der Waals surface area contributed by atoms with E-state index in [0.717, 1.165) is 11.1 Å². The summed E-state index contributed by atoms with van der Waals surface area (Å²) in [6, 6.07) is 14.1. The van der Waals surface area contributed by atoms with Crippen molar-refractivity contribution in [1.82, 2.24) is 9.88 Å². The molecule has 1 amide bonds. The fourth-order valence-electron chi connectivity index (χ4n) is 4.24. The van der Waals surface area contributed by atoms with Crippen LogP contribution in [0.3, 0.4) is 0 Å². The van der Waals surface area contributed by atoms with Gasteiger partial charge in [0.05, 0.1) is 11.6 Å². The van der Waals surface area contributed by atoms with Crippen molar-refractivity contribution in [2.45, 2.75) is 45.7 Å². The highest BCUT2D eigenvalue weighted by molar-refractivity contribution is 6.46. The van der Waals surface area contributed by atoms with Crippen molar-refractivity contribution in [3.8, 4) is 0 Å². The SMILES string of the molecule is Cc1ccc(C(C)(C)C)cc1/C(O)=C1\C(=O)C(=O)N(Cc2cccnc2)C1c1ccccc1F. The highest BCUT2D eigenvalue weighted by atomic mass is 19.1. The molecule has 1 fully saturated rings. The lowest BCUT2D eigenvalue weighted by molar-refractivity contribution is -0.140. The number of hydrogen-bond donors (Lipinski definition) is 1. The van der Waals surface area contributed by atoms with E-state index in [2.05, 4.69) is 4.98 Å². The van der Waals surface area contributed by atoms with Crippen molar-refractivity contribution in [3.05, 3.63) is 106 Å². The average molecular weight is 459 g/mol. The summed E-state index contributed by atoms with van der Waals surface area (Å²) in [7, 11) is 0. The summed E-state index contributed by atoms with van der Waals surface area (Å²) in [5, 5.41) is 11.4. The van der Waals surface area contributed by atoms with Gasteiger partial charge in [0.2, 0.25) is 0 Å². The van der Waals surface area contributed by atoms with E-state index in [1.54, 1.807) is 36.7 Å². The number of aliphatic hydroxyl groups excluding tert-OH is 1. The summed E-state index contributed by atoms with van der Waals surface area (Å²) in [5.74, 6) is -2.49. The molecule has 0 spiro atoms. The summed E-state index contributed by atoms with van der Waals surface area (Å²) >= 11 is 0. The van der Waals surface area contributed by atoms with E-state index >= 15 is 0 Å². The first-order valence-corrected chi connectivity index (χ1v) is 11.1. The Kier molecular flexibility index (Phi) is 6.09. The topological polar surface area (TPSA) is 70.5 Å². The van der Waals surface area contributed by atoms with Gasteiger partial charge in [-0.3, -0.25) is 14.6 Å². The van der Waals surface area contributed by atoms with Gasteiger partial charge < -0.3 is 10.0 Å². The molecular weight excluding hydrogens is 431 g/mol. The van der Waals surface area contributed by atoms with Crippen molar-refractivity contribution in [2.24, 2.45) is 0 Å². The Morgan fingerprint density at radius 2 is 1.82 bits per heavy atom. The maximum atomic E-state index is 15.0. The monoisotopic (exact) mass is 458 g/mol. The van der Waals surface area contributed by atoms with Gasteiger partial charge in [-0.1, -0.05) is 57.2 Å². The van der Waals surface area contributed by atoms with Crippen LogP contribution in [0, 0.1) is 12.7 Å². The molecule has 1 saturated heterocycles. The Morgan fingerprint density at radius 3 is 2.47 bits per heavy atom. The van der Waals surface area contributed by atoms with Crippen molar-refractivity contribution < 1.29 is 19.1 Å². The van der Waals surface area contributed by atoms with Crippen LogP contribution < -0.4 is 0 Å². The molecule has 1 unspecified atom stereocenters. The quantitative estimate of drug-likeness (QED) is 0.321. The van der Waals surface area contributed by atoms with Crippen LogP contribution in [0.4, 0.5) is 4.39 Å². The summed E-state index contributed by atoms with van der Waals surface area (Å²) in [6.07, 6.45) is 3.20. The van der Waals surface area contributed by atoms with Crippen LogP contribution in [0.5, 0.6) is 0 Å². The Bertz CT molecular complexity index is 1290. The number of benzene rings is 2. The van der Waals surface area contributed by atoms with Crippen molar-refractivity contribution in [2.75, 3.05) is 0 Å². The first-order chi connectivity index (χ1) is 16.1. The molecule has 0 bridgehead atoms. The second-order valence-electron chi connectivity index (χ2n) is 9.59. The molecule has 1 aromatic heterocycles. The number of halogens is 1. The van der Waals surface area contributed by atoms with Gasteiger partial charge in [-0.25, -0.2) is 4.39 Å². The van der Waals surface area contributed by atoms with Gasteiger partial charge in [0, 0.05) is 30.1 Å². The number of aromatic nitrogens is 1. The molecule has 3 aromatic rings. The third-order valence-electron chi connectivity index (χ3n) is 6.17. The maximum Gasteiger partial charge on any atom is 0.295 e. The molecule has 6 heteroatoms. The van der Waals surface area contributed by atoms with Crippen LogP contribution in [-0.4, -0.2) is 26.7 Å². The summed E-state index contributed by atoms with van der Waals surface area (Å²) in [5.41, 5.74) is 2.69. The number of carbonyl (C=O) groups excluding carboxylic acids is 2. The zero-order valence-electron chi connectivity index (χ0n) is 19.7. The van der Waals surface area contributed by atoms with Crippen LogP contribution in [0.2, 0.25) is 0 Å². The minimum Gasteiger partial charge on any atom is -0.507 e. The molecular formula is C28H27FN2O3. The van der Waals surface area contributed by atoms with Crippen molar-refractivity contribution in [3.63, 3.8) is 0 Å². The van der Waals surface area contributed by atoms with Gasteiger partial charge in [0.25, 0.3) is 11.7 Å². The van der Waals surface area contributed by atoms with E-state index in [0.29, 0.717) is 11.1 Å². The third-order valence-corrected chi connectivity index (χ3v) is 6.17. The van der Waals surface area contributed by atoms with Crippen molar-refractivity contribution >= 4 is 17.4 Å². The number of ketones is 1. The zero-order valence-corrected chi connectivity index (χ0v) is 19.7. The lowest BCUT2D eigenvalue weighted by atomic mass is 9.84. The van der Waals surface area contributed by atoms with Crippen LogP contribution in [0.1, 0.15) is 54.6 Å². The fraction of sp³-hybridized carbons (Fsp3) is 0.250. The first-order valence-electron chi connectivity index (χ1n) is 11.1. The predicted octanol–water partition coefficient (Wildman–Crippen LogP) is 5.45. The molecule has 0 radical (unpaired) electrons. The number of aliphatic hydroxyl groups is 1. The Hall–Kier alpha value is -3.80. The van der Waals surface area contributed by atoms with Crippen LogP contribution in [0.15, 0.2) is 72.6 Å². The average Bonchev–Trinajstić information content (AvgIpc) is 3.04. The van der Waals surface area contributed by atoms with E-state index in [1.807, 2.05) is 45.9 Å². The number of likely N-dealkylation sites (tertiary alicyclic amines) is 1. The van der Waals surface area contributed by atoms with Gasteiger partial charge in [-0.15, -0.1) is 0 Å². The van der Waals surface area contributed by atoms with Crippen LogP contribution in [0.25, 0.3) is 5.76 Å². The molecule has 34 heavy (non-hydrogen) atoms. The lowest BCUT2D eigenvalue weighted by Gasteiger charge is -2.26. The Morgan fingerprint density at radius 1 is 1.09 bits per heavy atom. The zero-order chi connectivity index (χ0) is 24.6. The Balaban J connectivity index is 1.93. The smallest absolute Gasteiger partial charge is 0.295 e. The molecule has 174 valence electrons. The number of rotatable bonds is 4. The number of amides is 1. The molecule has 2 heterocycles. The van der Waals surface area contributed by atoms with Gasteiger partial charge in [0.15, 0.2) is 0 Å². The van der Waals surface area contributed by atoms with Crippen molar-refractivity contribution in [1.29, 1.82) is 0 Å². The molecule has 2 aromatic carbocycles. The third kappa shape index (κ3) is 4.23. The molecule has 1 aliphatic heterocycles. The van der Waals surface area contributed by atoms with E-state index in [9.17, 15) is 19.1 Å². The van der Waals surface area contributed by atoms with Gasteiger partial charge in [0.1, 0.15) is 11.6 Å². The molecule has 0 aliphatic carbocycles. The molecule has 0 saturated carbocycles. The van der Waals surface area contributed by atoms with E-state index in [-0.39, 0.29) is 28.9 Å². The predicted molar refractivity (Wildman–Crippen MR) is 128 cm³/mol. The van der Waals surface area contributed by atoms with Gasteiger partial charge in [-0.2, -0.15) is 0 Å². The number of Topliss-reactive ketones (excluding diaryl/α,β-unsaturated/α-hetero) is 1.